The minimum Gasteiger partial charge on any atom is -0.507 e. The Balaban J connectivity index is 2.00. The van der Waals surface area contributed by atoms with Gasteiger partial charge in [-0.1, -0.05) is 12.1 Å². The molecule has 1 heterocycles. The quantitative estimate of drug-likeness (QED) is 0.256. The molecule has 1 atom stereocenters. The molecule has 198 valence electrons. The number of ketones is 1. The van der Waals surface area contributed by atoms with Gasteiger partial charge in [0.25, 0.3) is 11.7 Å². The molecule has 38 heavy (non-hydrogen) atoms. The lowest BCUT2D eigenvalue weighted by Crippen LogP contribution is -2.29. The number of methoxy groups -OCH3 is 1. The highest BCUT2D eigenvalue weighted by molar-refractivity contribution is 6.51. The molecule has 8 heteroatoms. The number of aromatic hydroxyl groups is 1. The van der Waals surface area contributed by atoms with Crippen molar-refractivity contribution in [2.45, 2.75) is 26.8 Å². The van der Waals surface area contributed by atoms with Crippen molar-refractivity contribution >= 4 is 28.8 Å². The maximum atomic E-state index is 13.6. The summed E-state index contributed by atoms with van der Waals surface area (Å²) in [5.74, 6) is -1.38. The number of hydrogen-bond acceptors (Lipinski definition) is 7. The van der Waals surface area contributed by atoms with Crippen LogP contribution in [0.2, 0.25) is 0 Å². The number of ether oxygens (including phenoxy) is 2. The number of carbonyl (C=O) groups excluding carboxylic acids is 2. The summed E-state index contributed by atoms with van der Waals surface area (Å²) in [5, 5.41) is 21.9. The van der Waals surface area contributed by atoms with E-state index in [9.17, 15) is 19.8 Å². The minimum atomic E-state index is -0.981. The summed E-state index contributed by atoms with van der Waals surface area (Å²) in [6, 6.07) is 14.5. The van der Waals surface area contributed by atoms with Crippen molar-refractivity contribution < 1.29 is 29.3 Å². The van der Waals surface area contributed by atoms with Crippen LogP contribution < -0.4 is 19.3 Å². The second-order valence-corrected chi connectivity index (χ2v) is 9.40. The standard InChI is InChI=1S/C30H32N2O6/c1-7-38-24-16-19(8-13-23(24)33)26-25(27(34)22-15-17(2)14-18(3)29(22)37-6)28(35)30(36)32(26)21-11-9-20(10-12-21)31(4)5/h8-16,26,33-34H,7H2,1-6H3/b27-25+. The largest absolute Gasteiger partial charge is 0.507 e. The first kappa shape index (κ1) is 26.6. The van der Waals surface area contributed by atoms with Crippen molar-refractivity contribution in [1.29, 1.82) is 0 Å². The third kappa shape index (κ3) is 4.65. The monoisotopic (exact) mass is 516 g/mol. The van der Waals surface area contributed by atoms with E-state index < -0.39 is 17.7 Å². The number of nitrogens with zero attached hydrogens (tertiary/aromatic N) is 2. The molecule has 1 aliphatic heterocycles. The van der Waals surface area contributed by atoms with Crippen molar-refractivity contribution in [2.24, 2.45) is 0 Å². The van der Waals surface area contributed by atoms with Crippen LogP contribution in [0, 0.1) is 13.8 Å². The zero-order valence-corrected chi connectivity index (χ0v) is 22.4. The topological polar surface area (TPSA) is 99.5 Å². The van der Waals surface area contributed by atoms with E-state index in [1.54, 1.807) is 37.3 Å². The van der Waals surface area contributed by atoms with Gasteiger partial charge in [0.15, 0.2) is 11.5 Å². The Morgan fingerprint density at radius 3 is 2.32 bits per heavy atom. The second kappa shape index (κ2) is 10.5. The van der Waals surface area contributed by atoms with Crippen LogP contribution in [0.15, 0.2) is 60.2 Å². The van der Waals surface area contributed by atoms with Crippen molar-refractivity contribution in [3.63, 3.8) is 0 Å². The molecule has 2 N–H and O–H groups in total. The van der Waals surface area contributed by atoms with Crippen LogP contribution in [0.25, 0.3) is 5.76 Å². The van der Waals surface area contributed by atoms with Gasteiger partial charge in [-0.25, -0.2) is 0 Å². The maximum absolute atomic E-state index is 13.6. The normalized spacial score (nSPS) is 16.6. The average Bonchev–Trinajstić information content (AvgIpc) is 3.15. The lowest BCUT2D eigenvalue weighted by atomic mass is 9.93. The average molecular weight is 517 g/mol. The SMILES string of the molecule is CCOc1cc(C2/C(=C(\O)c3cc(C)cc(C)c3OC)C(=O)C(=O)N2c2ccc(N(C)C)cc2)ccc1O. The first-order valence-corrected chi connectivity index (χ1v) is 12.3. The van der Waals surface area contributed by atoms with Crippen molar-refractivity contribution in [3.8, 4) is 17.2 Å². The van der Waals surface area contributed by atoms with Gasteiger partial charge in [0, 0.05) is 25.5 Å². The highest BCUT2D eigenvalue weighted by atomic mass is 16.5. The number of hydrogen-bond donors (Lipinski definition) is 2. The predicted octanol–water partition coefficient (Wildman–Crippen LogP) is 5.11. The third-order valence-corrected chi connectivity index (χ3v) is 6.57. The Labute approximate surface area is 222 Å². The Morgan fingerprint density at radius 1 is 1.03 bits per heavy atom. The van der Waals surface area contributed by atoms with Gasteiger partial charge in [-0.3, -0.25) is 14.5 Å². The molecule has 0 aliphatic carbocycles. The first-order valence-electron chi connectivity index (χ1n) is 12.3. The molecule has 1 saturated heterocycles. The Kier molecular flexibility index (Phi) is 7.35. The summed E-state index contributed by atoms with van der Waals surface area (Å²) in [4.78, 5) is 30.4. The number of amides is 1. The number of phenolic OH excluding ortho intramolecular Hbond substituents is 1. The molecule has 3 aromatic carbocycles. The second-order valence-electron chi connectivity index (χ2n) is 9.40. The van der Waals surface area contributed by atoms with Gasteiger partial charge in [-0.05, 0) is 79.9 Å². The van der Waals surface area contributed by atoms with Gasteiger partial charge in [0.05, 0.1) is 30.9 Å². The molecular formula is C30H32N2O6. The maximum Gasteiger partial charge on any atom is 0.300 e. The van der Waals surface area contributed by atoms with Gasteiger partial charge in [0.1, 0.15) is 11.5 Å². The van der Waals surface area contributed by atoms with Crippen molar-refractivity contribution in [2.75, 3.05) is 37.6 Å². The number of aliphatic hydroxyl groups excluding tert-OH is 1. The number of aliphatic hydroxyl groups is 1. The van der Waals surface area contributed by atoms with Crippen LogP contribution in [-0.4, -0.2) is 49.7 Å². The van der Waals surface area contributed by atoms with Crippen LogP contribution in [0.3, 0.4) is 0 Å². The zero-order valence-electron chi connectivity index (χ0n) is 22.4. The molecule has 0 aromatic heterocycles. The molecule has 1 amide bonds. The van der Waals surface area contributed by atoms with Crippen LogP contribution in [0.1, 0.15) is 35.2 Å². The van der Waals surface area contributed by atoms with Gasteiger partial charge >= 0.3 is 0 Å². The van der Waals surface area contributed by atoms with Gasteiger partial charge in [-0.15, -0.1) is 0 Å². The Bertz CT molecular complexity index is 1430. The lowest BCUT2D eigenvalue weighted by molar-refractivity contribution is -0.132. The number of benzene rings is 3. The number of phenols is 1. The fourth-order valence-electron chi connectivity index (χ4n) is 4.84. The lowest BCUT2D eigenvalue weighted by Gasteiger charge is -2.26. The minimum absolute atomic E-state index is 0.0705. The van der Waals surface area contributed by atoms with Crippen LogP contribution in [0.4, 0.5) is 11.4 Å². The molecular weight excluding hydrogens is 484 g/mol. The number of carbonyl (C=O) groups is 2. The van der Waals surface area contributed by atoms with E-state index in [-0.39, 0.29) is 22.8 Å². The van der Waals surface area contributed by atoms with E-state index in [1.165, 1.54) is 18.1 Å². The Morgan fingerprint density at radius 2 is 1.71 bits per heavy atom. The van der Waals surface area contributed by atoms with Gasteiger partial charge in [0.2, 0.25) is 0 Å². The summed E-state index contributed by atoms with van der Waals surface area (Å²) in [6.07, 6.45) is 0. The fraction of sp³-hybridized carbons (Fsp3) is 0.267. The van der Waals surface area contributed by atoms with E-state index in [0.29, 0.717) is 29.2 Å². The molecule has 3 aromatic rings. The molecule has 8 nitrogen and oxygen atoms in total. The summed E-state index contributed by atoms with van der Waals surface area (Å²) >= 11 is 0. The summed E-state index contributed by atoms with van der Waals surface area (Å²) < 4.78 is 11.1. The van der Waals surface area contributed by atoms with Crippen LogP contribution in [0.5, 0.6) is 17.2 Å². The summed E-state index contributed by atoms with van der Waals surface area (Å²) in [5.41, 5.74) is 3.78. The third-order valence-electron chi connectivity index (χ3n) is 6.57. The molecule has 1 unspecified atom stereocenters. The van der Waals surface area contributed by atoms with Crippen LogP contribution >= 0.6 is 0 Å². The number of aryl methyl sites for hydroxylation is 2. The van der Waals surface area contributed by atoms with E-state index >= 15 is 0 Å². The van der Waals surface area contributed by atoms with E-state index in [0.717, 1.165) is 16.8 Å². The van der Waals surface area contributed by atoms with Crippen molar-refractivity contribution in [1.82, 2.24) is 0 Å². The first-order chi connectivity index (χ1) is 18.1. The fourth-order valence-corrected chi connectivity index (χ4v) is 4.84. The molecule has 0 spiro atoms. The zero-order chi connectivity index (χ0) is 27.7. The van der Waals surface area contributed by atoms with E-state index in [2.05, 4.69) is 0 Å². The molecule has 1 fully saturated rings. The highest BCUT2D eigenvalue weighted by Crippen LogP contribution is 2.45. The predicted molar refractivity (Wildman–Crippen MR) is 147 cm³/mol. The Hall–Kier alpha value is -4.46. The van der Waals surface area contributed by atoms with Crippen LogP contribution in [-0.2, 0) is 9.59 Å². The number of rotatable bonds is 7. The van der Waals surface area contributed by atoms with E-state index in [1.807, 2.05) is 51.0 Å². The number of anilines is 2. The number of Topliss-reactive ketones (excluding diaryl/α,β-unsaturated/α-hetero) is 1. The highest BCUT2D eigenvalue weighted by Gasteiger charge is 2.47. The molecule has 4 rings (SSSR count). The molecule has 1 aliphatic rings. The van der Waals surface area contributed by atoms with Crippen molar-refractivity contribution in [3.05, 3.63) is 82.4 Å². The molecule has 0 saturated carbocycles. The summed E-state index contributed by atoms with van der Waals surface area (Å²) in [7, 11) is 5.31. The molecule has 0 radical (unpaired) electrons. The molecule has 0 bridgehead atoms. The van der Waals surface area contributed by atoms with E-state index in [4.69, 9.17) is 9.47 Å². The smallest absolute Gasteiger partial charge is 0.300 e. The summed E-state index contributed by atoms with van der Waals surface area (Å²) in [6.45, 7) is 5.82. The van der Waals surface area contributed by atoms with Gasteiger partial charge in [-0.2, -0.15) is 0 Å². The van der Waals surface area contributed by atoms with Gasteiger partial charge < -0.3 is 24.6 Å².